The monoisotopic (exact) mass is 423 g/mol. The minimum absolute atomic E-state index is 0.0147. The van der Waals surface area contributed by atoms with Gasteiger partial charge in [0.15, 0.2) is 0 Å². The molecule has 0 heterocycles. The highest BCUT2D eigenvalue weighted by Crippen LogP contribution is 2.51. The predicted molar refractivity (Wildman–Crippen MR) is 126 cm³/mol. The molecule has 0 fully saturated rings. The molecule has 2 aromatic carbocycles. The summed E-state index contributed by atoms with van der Waals surface area (Å²) in [6, 6.07) is 15.5. The maximum Gasteiger partial charge on any atom is 0.282 e. The number of aryl methyl sites for hydroxylation is 2. The van der Waals surface area contributed by atoms with Crippen LogP contribution in [0.1, 0.15) is 63.6 Å². The molecule has 3 rings (SSSR count). The van der Waals surface area contributed by atoms with Gasteiger partial charge in [0.2, 0.25) is 0 Å². The third-order valence-corrected chi connectivity index (χ3v) is 7.71. The van der Waals surface area contributed by atoms with Gasteiger partial charge in [0.05, 0.1) is 10.6 Å². The van der Waals surface area contributed by atoms with Crippen molar-refractivity contribution in [2.75, 3.05) is 0 Å². The van der Waals surface area contributed by atoms with E-state index in [-0.39, 0.29) is 16.2 Å². The highest BCUT2D eigenvalue weighted by molar-refractivity contribution is 7.90. The summed E-state index contributed by atoms with van der Waals surface area (Å²) in [6.45, 7) is 12.7. The van der Waals surface area contributed by atoms with Crippen LogP contribution in [0, 0.1) is 25.2 Å². The molecule has 0 saturated heterocycles. The van der Waals surface area contributed by atoms with E-state index in [0.717, 1.165) is 36.1 Å². The van der Waals surface area contributed by atoms with Crippen molar-refractivity contribution in [3.63, 3.8) is 0 Å². The first-order valence-corrected chi connectivity index (χ1v) is 12.2. The van der Waals surface area contributed by atoms with Crippen molar-refractivity contribution >= 4 is 21.3 Å². The molecule has 0 aromatic heterocycles. The summed E-state index contributed by atoms with van der Waals surface area (Å²) in [5.41, 5.74) is 6.29. The number of benzene rings is 2. The van der Waals surface area contributed by atoms with Crippen LogP contribution in [0.5, 0.6) is 0 Å². The fourth-order valence-corrected chi connectivity index (χ4v) is 5.35. The molecule has 0 N–H and O–H groups in total. The fourth-order valence-electron chi connectivity index (χ4n) is 4.24. The molecule has 0 saturated carbocycles. The van der Waals surface area contributed by atoms with E-state index in [2.05, 4.69) is 63.3 Å². The van der Waals surface area contributed by atoms with E-state index in [1.807, 2.05) is 19.1 Å². The molecule has 160 valence electrons. The Labute approximate surface area is 182 Å². The van der Waals surface area contributed by atoms with E-state index < -0.39 is 10.0 Å². The van der Waals surface area contributed by atoms with Gasteiger partial charge in [0, 0.05) is 5.92 Å². The van der Waals surface area contributed by atoms with Gasteiger partial charge in [-0.1, -0.05) is 81.6 Å². The summed E-state index contributed by atoms with van der Waals surface area (Å²) < 4.78 is 30.7. The summed E-state index contributed by atoms with van der Waals surface area (Å²) in [5, 5.41) is 0. The Kier molecular flexibility index (Phi) is 6.37. The summed E-state index contributed by atoms with van der Waals surface area (Å²) in [6.07, 6.45) is 2.91. The third-order valence-electron chi connectivity index (χ3n) is 6.41. The molecule has 0 aliphatic heterocycles. The highest BCUT2D eigenvalue weighted by Gasteiger charge is 2.44. The van der Waals surface area contributed by atoms with E-state index in [1.165, 1.54) is 16.7 Å². The molecule has 1 atom stereocenters. The lowest BCUT2D eigenvalue weighted by Crippen LogP contribution is -2.23. The van der Waals surface area contributed by atoms with Gasteiger partial charge in [0.25, 0.3) is 10.0 Å². The van der Waals surface area contributed by atoms with Crippen LogP contribution in [0.2, 0.25) is 0 Å². The molecule has 0 amide bonds. The first-order valence-electron chi connectivity index (χ1n) is 10.8. The van der Waals surface area contributed by atoms with Gasteiger partial charge in [-0.3, -0.25) is 0 Å². The Bertz CT molecular complexity index is 1070. The van der Waals surface area contributed by atoms with Crippen molar-refractivity contribution in [2.45, 2.75) is 65.7 Å². The van der Waals surface area contributed by atoms with Gasteiger partial charge in [-0.25, -0.2) is 0 Å². The van der Waals surface area contributed by atoms with E-state index in [4.69, 9.17) is 0 Å². The zero-order chi connectivity index (χ0) is 22.1. The van der Waals surface area contributed by atoms with Crippen LogP contribution in [0.15, 0.2) is 63.4 Å². The Morgan fingerprint density at radius 1 is 0.933 bits per heavy atom. The number of allylic oxidation sites excluding steroid dienone is 2. The maximum absolute atomic E-state index is 13.2. The van der Waals surface area contributed by atoms with Crippen molar-refractivity contribution in [3.8, 4) is 0 Å². The first kappa shape index (κ1) is 22.5. The molecule has 30 heavy (non-hydrogen) atoms. The molecular formula is C26H33NO2S. The lowest BCUT2D eigenvalue weighted by molar-refractivity contribution is 0.420. The molecule has 2 aromatic rings. The van der Waals surface area contributed by atoms with Gasteiger partial charge in [0.1, 0.15) is 0 Å². The number of nitrogens with zero attached hydrogens (tertiary/aromatic N) is 1. The summed E-state index contributed by atoms with van der Waals surface area (Å²) >= 11 is 0. The SMILES string of the molecule is CCCCC1=C(c2ccc(C)cc2)C(C)(C)C(C)/C1=N/S(=O)(=O)c1ccc(C)cc1. The molecular weight excluding hydrogens is 390 g/mol. The largest absolute Gasteiger partial charge is 0.282 e. The average Bonchev–Trinajstić information content (AvgIpc) is 2.87. The van der Waals surface area contributed by atoms with Crippen molar-refractivity contribution in [1.29, 1.82) is 0 Å². The smallest absolute Gasteiger partial charge is 0.199 e. The number of unbranched alkanes of at least 4 members (excludes halogenated alkanes) is 1. The maximum atomic E-state index is 13.2. The second-order valence-corrected chi connectivity index (χ2v) is 10.6. The lowest BCUT2D eigenvalue weighted by atomic mass is 9.75. The average molecular weight is 424 g/mol. The Hall–Kier alpha value is -2.20. The van der Waals surface area contributed by atoms with Crippen LogP contribution < -0.4 is 0 Å². The minimum Gasteiger partial charge on any atom is -0.199 e. The Morgan fingerprint density at radius 2 is 1.47 bits per heavy atom. The van der Waals surface area contributed by atoms with Crippen molar-refractivity contribution in [2.24, 2.45) is 15.7 Å². The molecule has 4 heteroatoms. The van der Waals surface area contributed by atoms with Crippen LogP contribution >= 0.6 is 0 Å². The third kappa shape index (κ3) is 4.29. The van der Waals surface area contributed by atoms with E-state index in [1.54, 1.807) is 12.1 Å². The second-order valence-electron chi connectivity index (χ2n) is 9.03. The molecule has 3 nitrogen and oxygen atoms in total. The first-order chi connectivity index (χ1) is 14.1. The van der Waals surface area contributed by atoms with E-state index in [0.29, 0.717) is 0 Å². The molecule has 0 bridgehead atoms. The van der Waals surface area contributed by atoms with Crippen LogP contribution in [0.25, 0.3) is 5.57 Å². The van der Waals surface area contributed by atoms with E-state index in [9.17, 15) is 8.42 Å². The summed E-state index contributed by atoms with van der Waals surface area (Å²) in [4.78, 5) is 0.254. The molecule has 0 radical (unpaired) electrons. The van der Waals surface area contributed by atoms with Gasteiger partial charge in [-0.2, -0.15) is 12.8 Å². The lowest BCUT2D eigenvalue weighted by Gasteiger charge is -2.28. The second kappa shape index (κ2) is 8.50. The molecule has 1 aliphatic rings. The zero-order valence-electron chi connectivity index (χ0n) is 19.0. The zero-order valence-corrected chi connectivity index (χ0v) is 19.8. The van der Waals surface area contributed by atoms with Gasteiger partial charge in [-0.15, -0.1) is 0 Å². The predicted octanol–water partition coefficient (Wildman–Crippen LogP) is 6.75. The molecule has 0 spiro atoms. The fraction of sp³-hybridized carbons (Fsp3) is 0.423. The Balaban J connectivity index is 2.20. The normalized spacial score (nSPS) is 20.2. The van der Waals surface area contributed by atoms with Gasteiger partial charge in [-0.05, 0) is 60.9 Å². The van der Waals surface area contributed by atoms with Crippen LogP contribution in [-0.4, -0.2) is 14.1 Å². The summed E-state index contributed by atoms with van der Waals surface area (Å²) in [7, 11) is -3.76. The molecule has 1 unspecified atom stereocenters. The van der Waals surface area contributed by atoms with Gasteiger partial charge >= 0.3 is 0 Å². The van der Waals surface area contributed by atoms with Crippen LogP contribution in [-0.2, 0) is 10.0 Å². The van der Waals surface area contributed by atoms with Crippen molar-refractivity contribution in [3.05, 3.63) is 70.8 Å². The van der Waals surface area contributed by atoms with Crippen molar-refractivity contribution in [1.82, 2.24) is 0 Å². The van der Waals surface area contributed by atoms with Crippen LogP contribution in [0.4, 0.5) is 0 Å². The number of sulfonamides is 1. The number of hydrogen-bond donors (Lipinski definition) is 0. The molecule has 1 aliphatic carbocycles. The number of rotatable bonds is 6. The number of hydrogen-bond acceptors (Lipinski definition) is 2. The van der Waals surface area contributed by atoms with Crippen molar-refractivity contribution < 1.29 is 8.42 Å². The summed E-state index contributed by atoms with van der Waals surface area (Å²) in [5.74, 6) is 0.0147. The minimum atomic E-state index is -3.76. The van der Waals surface area contributed by atoms with Gasteiger partial charge < -0.3 is 0 Å². The highest BCUT2D eigenvalue weighted by atomic mass is 32.2. The quantitative estimate of drug-likeness (QED) is 0.516. The topological polar surface area (TPSA) is 46.5 Å². The standard InChI is InChI=1S/C26H33NO2S/c1-7-8-9-23-24(21-14-10-18(2)11-15-21)26(5,6)20(4)25(23)27-30(28,29)22-16-12-19(3)13-17-22/h10-17,20H,7-9H2,1-6H3/b27-25-. The van der Waals surface area contributed by atoms with E-state index >= 15 is 0 Å². The Morgan fingerprint density at radius 3 is 2.00 bits per heavy atom. The van der Waals surface area contributed by atoms with Crippen LogP contribution in [0.3, 0.4) is 0 Å².